The number of carbonyl (C=O) groups is 2. The van der Waals surface area contributed by atoms with Crippen LogP contribution in [0.1, 0.15) is 71.4 Å². The molecule has 0 radical (unpaired) electrons. The molecule has 0 bridgehead atoms. The summed E-state index contributed by atoms with van der Waals surface area (Å²) in [5.41, 5.74) is 2.45. The molecule has 0 fully saturated rings. The van der Waals surface area contributed by atoms with Crippen LogP contribution in [-0.4, -0.2) is 37.8 Å². The minimum atomic E-state index is -4.51. The zero-order chi connectivity index (χ0) is 42.6. The number of nitrogens with zero attached hydrogens (tertiary/aromatic N) is 1. The number of fused-ring (bicyclic) bond motifs is 2. The van der Waals surface area contributed by atoms with Gasteiger partial charge in [-0.1, -0.05) is 86.1 Å². The average Bonchev–Trinajstić information content (AvgIpc) is 3.20. The Morgan fingerprint density at radius 1 is 0.533 bits per heavy atom. The molecule has 2 amide bonds. The molecule has 0 unspecified atom stereocenters. The first-order valence-electron chi connectivity index (χ1n) is 18.9. The van der Waals surface area contributed by atoms with E-state index in [1.54, 1.807) is 12.1 Å². The summed E-state index contributed by atoms with van der Waals surface area (Å²) in [4.78, 5) is 31.1. The van der Waals surface area contributed by atoms with Crippen molar-refractivity contribution in [1.82, 2.24) is 0 Å². The third kappa shape index (κ3) is 6.29. The van der Waals surface area contributed by atoms with Crippen LogP contribution in [0.25, 0.3) is 43.1 Å². The van der Waals surface area contributed by atoms with Crippen LogP contribution in [0.4, 0.5) is 5.69 Å². The maximum absolute atomic E-state index is 15.3. The van der Waals surface area contributed by atoms with Crippen molar-refractivity contribution >= 4 is 96.8 Å². The number of hydrogen-bond acceptors (Lipinski definition) is 8. The summed E-state index contributed by atoms with van der Waals surface area (Å²) in [7, 11) is -9.01. The molecule has 2 N–H and O–H groups in total. The molecule has 11 nitrogen and oxygen atoms in total. The van der Waals surface area contributed by atoms with E-state index in [0.29, 0.717) is 27.2 Å². The van der Waals surface area contributed by atoms with Gasteiger partial charge in [-0.2, -0.15) is 16.8 Å². The van der Waals surface area contributed by atoms with E-state index >= 15 is 9.59 Å². The van der Waals surface area contributed by atoms with Crippen molar-refractivity contribution < 1.29 is 45.0 Å². The van der Waals surface area contributed by atoms with Gasteiger partial charge in [0.2, 0.25) is 0 Å². The molecule has 8 aromatic carbocycles. The van der Waals surface area contributed by atoms with E-state index < -0.39 is 32.1 Å². The van der Waals surface area contributed by atoms with Gasteiger partial charge in [0.1, 0.15) is 23.0 Å². The molecule has 1 aliphatic heterocycles. The number of benzene rings is 8. The van der Waals surface area contributed by atoms with E-state index in [-0.39, 0.29) is 55.8 Å². The van der Waals surface area contributed by atoms with E-state index in [1.165, 1.54) is 53.4 Å². The Morgan fingerprint density at radius 2 is 0.967 bits per heavy atom. The normalized spacial score (nSPS) is 13.5. The first-order valence-corrected chi connectivity index (χ1v) is 22.5. The molecule has 1 heterocycles. The average molecular weight is 905 g/mol. The Hall–Kier alpha value is -5.90. The third-order valence-electron chi connectivity index (χ3n) is 11.0. The van der Waals surface area contributed by atoms with Crippen molar-refractivity contribution in [3.8, 4) is 23.0 Å². The number of hydrogen-bond donors (Lipinski definition) is 2. The lowest BCUT2D eigenvalue weighted by Crippen LogP contribution is -2.42. The molecule has 0 saturated heterocycles. The number of carbonyl (C=O) groups excluding carboxylic acids is 2. The van der Waals surface area contributed by atoms with Gasteiger partial charge in [-0.05, 0) is 111 Å². The highest BCUT2D eigenvalue weighted by Gasteiger charge is 2.40. The standard InChI is InChI=1S/C46H34BrNO10S2/c1-23(2)29-7-5-8-30(24(3)4)44(29)48-45(49)34-21-37(57-25-11-15-27(16-12-25)59(51,52)53)41-32-10-6-9-31-36(47)20-19-33(39(31)32)42-38(22-35(46(48)50)40(34)43(41)42)58-26-13-17-28(18-14-26)60(54,55)56/h5-24H,1-4H3,(H,51,52,53)(H,54,55,56). The largest absolute Gasteiger partial charge is 0.457 e. The van der Waals surface area contributed by atoms with Crippen molar-refractivity contribution in [3.63, 3.8) is 0 Å². The van der Waals surface area contributed by atoms with Crippen LogP contribution in [0.5, 0.6) is 23.0 Å². The molecule has 14 heteroatoms. The van der Waals surface area contributed by atoms with Crippen molar-refractivity contribution in [2.45, 2.75) is 49.3 Å². The Morgan fingerprint density at radius 3 is 1.42 bits per heavy atom. The van der Waals surface area contributed by atoms with Gasteiger partial charge < -0.3 is 9.47 Å². The van der Waals surface area contributed by atoms with Crippen LogP contribution in [0.15, 0.2) is 123 Å². The number of para-hydroxylation sites is 1. The topological polar surface area (TPSA) is 165 Å². The van der Waals surface area contributed by atoms with Crippen molar-refractivity contribution in [2.75, 3.05) is 4.90 Å². The predicted octanol–water partition coefficient (Wildman–Crippen LogP) is 11.6. The Kier molecular flexibility index (Phi) is 9.30. The molecule has 60 heavy (non-hydrogen) atoms. The van der Waals surface area contributed by atoms with E-state index in [1.807, 2.05) is 76.2 Å². The summed E-state index contributed by atoms with van der Waals surface area (Å²) in [6.45, 7) is 7.98. The summed E-state index contributed by atoms with van der Waals surface area (Å²) in [6.07, 6.45) is 0. The monoisotopic (exact) mass is 903 g/mol. The van der Waals surface area contributed by atoms with Gasteiger partial charge in [-0.25, -0.2) is 4.90 Å². The number of imide groups is 1. The lowest BCUT2D eigenvalue weighted by Gasteiger charge is -2.33. The second kappa shape index (κ2) is 14.1. The van der Waals surface area contributed by atoms with E-state index in [4.69, 9.17) is 9.47 Å². The van der Waals surface area contributed by atoms with Gasteiger partial charge >= 0.3 is 0 Å². The molecule has 302 valence electrons. The molecular formula is C46H34BrNO10S2. The zero-order valence-corrected chi connectivity index (χ0v) is 35.6. The second-order valence-electron chi connectivity index (χ2n) is 15.3. The predicted molar refractivity (Wildman–Crippen MR) is 234 cm³/mol. The molecule has 0 atom stereocenters. The van der Waals surface area contributed by atoms with Crippen molar-refractivity contribution in [3.05, 3.63) is 136 Å². The highest BCUT2D eigenvalue weighted by Crippen LogP contribution is 2.53. The van der Waals surface area contributed by atoms with Gasteiger partial charge in [0.15, 0.2) is 0 Å². The zero-order valence-electron chi connectivity index (χ0n) is 32.3. The quantitative estimate of drug-likeness (QED) is 0.0616. The summed E-state index contributed by atoms with van der Waals surface area (Å²) in [5.74, 6) is -0.422. The van der Waals surface area contributed by atoms with Crippen LogP contribution in [0.3, 0.4) is 0 Å². The van der Waals surface area contributed by atoms with Crippen molar-refractivity contribution in [2.24, 2.45) is 0 Å². The fourth-order valence-corrected chi connectivity index (χ4v) is 9.75. The van der Waals surface area contributed by atoms with Crippen LogP contribution in [0.2, 0.25) is 0 Å². The number of halogens is 1. The summed E-state index contributed by atoms with van der Waals surface area (Å²) >= 11 is 3.71. The highest BCUT2D eigenvalue weighted by molar-refractivity contribution is 9.10. The first kappa shape index (κ1) is 39.6. The van der Waals surface area contributed by atoms with Crippen LogP contribution in [0, 0.1) is 0 Å². The lowest BCUT2D eigenvalue weighted by molar-refractivity contribution is 0.0892. The van der Waals surface area contributed by atoms with Crippen LogP contribution >= 0.6 is 15.9 Å². The lowest BCUT2D eigenvalue weighted by atomic mass is 9.83. The van der Waals surface area contributed by atoms with Crippen molar-refractivity contribution in [1.29, 1.82) is 0 Å². The minimum Gasteiger partial charge on any atom is -0.457 e. The third-order valence-corrected chi connectivity index (χ3v) is 13.4. The Balaban J connectivity index is 1.42. The summed E-state index contributed by atoms with van der Waals surface area (Å²) < 4.78 is 81.1. The van der Waals surface area contributed by atoms with E-state index in [9.17, 15) is 25.9 Å². The molecule has 0 aliphatic carbocycles. The Labute approximate surface area is 353 Å². The van der Waals surface area contributed by atoms with E-state index in [2.05, 4.69) is 15.9 Å². The molecule has 8 aromatic rings. The first-order chi connectivity index (χ1) is 28.4. The SMILES string of the molecule is CC(C)c1cccc(C(C)C)c1N1C(=O)c2cc(Oc3ccc(S(=O)(=O)O)cc3)c3c4cccc5c(Br)ccc(c6c(Oc7ccc(S(=O)(=O)O)cc7)cc(c2c36)C1=O)c54. The minimum absolute atomic E-state index is 0.0680. The van der Waals surface area contributed by atoms with Gasteiger partial charge in [-0.3, -0.25) is 18.7 Å². The molecular weight excluding hydrogens is 871 g/mol. The fourth-order valence-electron chi connectivity index (χ4n) is 8.33. The van der Waals surface area contributed by atoms with E-state index in [0.717, 1.165) is 37.1 Å². The number of anilines is 1. The molecule has 0 spiro atoms. The van der Waals surface area contributed by atoms with Gasteiger partial charge in [0, 0.05) is 26.0 Å². The summed E-state index contributed by atoms with van der Waals surface area (Å²) in [6, 6.07) is 29.0. The second-order valence-corrected chi connectivity index (χ2v) is 19.0. The Bertz CT molecular complexity index is 3190. The molecule has 0 aromatic heterocycles. The molecule has 0 saturated carbocycles. The van der Waals surface area contributed by atoms with Gasteiger partial charge in [-0.15, -0.1) is 0 Å². The maximum atomic E-state index is 15.3. The number of rotatable bonds is 9. The molecule has 9 rings (SSSR count). The molecule has 1 aliphatic rings. The number of ether oxygens (including phenoxy) is 2. The van der Waals surface area contributed by atoms with Gasteiger partial charge in [0.05, 0.1) is 26.6 Å². The van der Waals surface area contributed by atoms with Crippen LogP contribution in [-0.2, 0) is 20.2 Å². The number of amides is 2. The van der Waals surface area contributed by atoms with Crippen LogP contribution < -0.4 is 14.4 Å². The summed E-state index contributed by atoms with van der Waals surface area (Å²) in [5, 5.41) is 5.05. The maximum Gasteiger partial charge on any atom is 0.294 e. The fraction of sp³-hybridized carbons (Fsp3) is 0.130. The highest BCUT2D eigenvalue weighted by atomic mass is 79.9. The van der Waals surface area contributed by atoms with Gasteiger partial charge in [0.25, 0.3) is 32.1 Å². The smallest absolute Gasteiger partial charge is 0.294 e.